The van der Waals surface area contributed by atoms with Gasteiger partial charge in [0, 0.05) is 29.5 Å². The molecular weight excluding hydrogens is 388 g/mol. The molecule has 1 aromatic heterocycles. The van der Waals surface area contributed by atoms with Crippen LogP contribution in [0.1, 0.15) is 0 Å². The molecule has 1 amide bonds. The van der Waals surface area contributed by atoms with Crippen LogP contribution < -0.4 is 9.64 Å². The first-order valence-electron chi connectivity index (χ1n) is 7.07. The number of carbonyl (C=O) groups is 1. The highest BCUT2D eigenvalue weighted by molar-refractivity contribution is 9.10. The van der Waals surface area contributed by atoms with Crippen LogP contribution in [0.15, 0.2) is 16.6 Å². The monoisotopic (exact) mass is 398 g/mol. The quantitative estimate of drug-likeness (QED) is 0.734. The van der Waals surface area contributed by atoms with E-state index in [0.29, 0.717) is 42.7 Å². The molecule has 2 aliphatic heterocycles. The topological polar surface area (TPSA) is 78.8 Å². The van der Waals surface area contributed by atoms with Gasteiger partial charge in [-0.2, -0.15) is 0 Å². The molecule has 4 rings (SSSR count). The van der Waals surface area contributed by atoms with Crippen molar-refractivity contribution in [1.82, 2.24) is 15.1 Å². The highest BCUT2D eigenvalue weighted by atomic mass is 79.9. The summed E-state index contributed by atoms with van der Waals surface area (Å²) in [5.41, 5.74) is 1.55. The number of carboxylic acid groups (broad SMARTS) is 1. The van der Waals surface area contributed by atoms with Gasteiger partial charge < -0.3 is 19.6 Å². The van der Waals surface area contributed by atoms with Crippen LogP contribution in [0.4, 0.5) is 10.5 Å². The molecule has 3 heterocycles. The third kappa shape index (κ3) is 2.36. The Morgan fingerprint density at radius 1 is 1.39 bits per heavy atom. The van der Waals surface area contributed by atoms with E-state index in [9.17, 15) is 9.90 Å². The van der Waals surface area contributed by atoms with Crippen molar-refractivity contribution < 1.29 is 14.6 Å². The van der Waals surface area contributed by atoms with Gasteiger partial charge in [0.15, 0.2) is 0 Å². The molecule has 1 N–H and O–H groups in total. The summed E-state index contributed by atoms with van der Waals surface area (Å²) in [6.07, 6.45) is -0.903. The lowest BCUT2D eigenvalue weighted by molar-refractivity contribution is 0.122. The van der Waals surface area contributed by atoms with Gasteiger partial charge in [0.1, 0.15) is 12.3 Å². The van der Waals surface area contributed by atoms with Crippen LogP contribution in [-0.4, -0.2) is 58.6 Å². The van der Waals surface area contributed by atoms with Crippen molar-refractivity contribution in [2.75, 3.05) is 31.1 Å². The zero-order valence-corrected chi connectivity index (χ0v) is 14.2. The number of rotatable bonds is 0. The van der Waals surface area contributed by atoms with Gasteiger partial charge in [0.05, 0.1) is 16.6 Å². The molecule has 0 unspecified atom stereocenters. The van der Waals surface area contributed by atoms with E-state index in [-0.39, 0.29) is 6.04 Å². The fourth-order valence-electron chi connectivity index (χ4n) is 3.09. The average Bonchev–Trinajstić information content (AvgIpc) is 2.54. The van der Waals surface area contributed by atoms with Crippen molar-refractivity contribution in [3.05, 3.63) is 21.6 Å². The van der Waals surface area contributed by atoms with Gasteiger partial charge in [-0.15, -0.1) is 10.2 Å². The third-order valence-electron chi connectivity index (χ3n) is 4.20. The van der Waals surface area contributed by atoms with Gasteiger partial charge >= 0.3 is 6.09 Å². The second-order valence-corrected chi connectivity index (χ2v) is 6.79. The van der Waals surface area contributed by atoms with Crippen molar-refractivity contribution >= 4 is 50.2 Å². The Kier molecular flexibility index (Phi) is 3.46. The summed E-state index contributed by atoms with van der Waals surface area (Å²) in [5.74, 6) is 0.468. The third-order valence-corrected chi connectivity index (χ3v) is 5.39. The molecule has 120 valence electrons. The minimum absolute atomic E-state index is 0.0397. The van der Waals surface area contributed by atoms with Crippen molar-refractivity contribution in [1.29, 1.82) is 0 Å². The van der Waals surface area contributed by atoms with Gasteiger partial charge in [-0.3, -0.25) is 0 Å². The maximum Gasteiger partial charge on any atom is 0.407 e. The highest BCUT2D eigenvalue weighted by Gasteiger charge is 2.36. The molecule has 2 aliphatic rings. The second-order valence-electron chi connectivity index (χ2n) is 5.52. The van der Waals surface area contributed by atoms with Crippen LogP contribution in [0.3, 0.4) is 0 Å². The van der Waals surface area contributed by atoms with Gasteiger partial charge in [-0.1, -0.05) is 11.6 Å². The van der Waals surface area contributed by atoms with Crippen LogP contribution in [-0.2, 0) is 0 Å². The molecule has 0 aliphatic carbocycles. The molecule has 1 saturated heterocycles. The summed E-state index contributed by atoms with van der Waals surface area (Å²) in [6.45, 7) is 1.82. The molecular formula is C14H12BrClN4O3. The molecule has 0 bridgehead atoms. The zero-order valence-electron chi connectivity index (χ0n) is 11.9. The van der Waals surface area contributed by atoms with Gasteiger partial charge in [-0.05, 0) is 28.1 Å². The van der Waals surface area contributed by atoms with E-state index in [4.69, 9.17) is 16.3 Å². The van der Waals surface area contributed by atoms with Gasteiger partial charge in [0.25, 0.3) is 5.88 Å². The van der Waals surface area contributed by atoms with E-state index in [2.05, 4.69) is 31.0 Å². The lowest BCUT2D eigenvalue weighted by atomic mass is 10.1. The molecule has 1 aromatic carbocycles. The molecule has 7 nitrogen and oxygen atoms in total. The van der Waals surface area contributed by atoms with Crippen molar-refractivity contribution in [2.24, 2.45) is 0 Å². The summed E-state index contributed by atoms with van der Waals surface area (Å²) < 4.78 is 6.46. The average molecular weight is 400 g/mol. The summed E-state index contributed by atoms with van der Waals surface area (Å²) in [6, 6.07) is 3.62. The van der Waals surface area contributed by atoms with E-state index in [0.717, 1.165) is 15.5 Å². The number of amides is 1. The van der Waals surface area contributed by atoms with Crippen molar-refractivity contribution in [3.63, 3.8) is 0 Å². The second kappa shape index (κ2) is 5.38. The number of benzene rings is 1. The Bertz CT molecular complexity index is 818. The number of nitrogens with zero attached hydrogens (tertiary/aromatic N) is 4. The van der Waals surface area contributed by atoms with E-state index >= 15 is 0 Å². The number of piperazine rings is 1. The Labute approximate surface area is 144 Å². The fraction of sp³-hybridized carbons (Fsp3) is 0.357. The molecule has 0 radical (unpaired) electrons. The molecule has 2 aromatic rings. The first-order valence-corrected chi connectivity index (χ1v) is 8.24. The lowest BCUT2D eigenvalue weighted by Crippen LogP contribution is -2.58. The van der Waals surface area contributed by atoms with Crippen LogP contribution >= 0.6 is 27.5 Å². The van der Waals surface area contributed by atoms with Crippen LogP contribution in [0, 0.1) is 0 Å². The summed E-state index contributed by atoms with van der Waals surface area (Å²) in [4.78, 5) is 14.8. The first-order chi connectivity index (χ1) is 11.0. The van der Waals surface area contributed by atoms with E-state index in [1.807, 2.05) is 12.1 Å². The number of fused-ring (bicyclic) bond motifs is 5. The smallest absolute Gasteiger partial charge is 0.407 e. The first kappa shape index (κ1) is 14.8. The SMILES string of the molecule is O=C(O)N1CCN2c3c(nnc4cc(Br)c(Cl)cc34)OC[C@H]2C1. The standard InChI is InChI=1S/C14H12BrClN4O3/c15-9-4-11-8(3-10(9)16)12-13(18-17-11)23-6-7-5-19(14(21)22)1-2-20(7)12/h3-4,7H,1-2,5-6H2,(H,21,22)/t7-/m1/s1. The van der Waals surface area contributed by atoms with Crippen molar-refractivity contribution in [3.8, 4) is 5.88 Å². The summed E-state index contributed by atoms with van der Waals surface area (Å²) in [7, 11) is 0. The molecule has 23 heavy (non-hydrogen) atoms. The predicted octanol–water partition coefficient (Wildman–Crippen LogP) is 2.61. The minimum Gasteiger partial charge on any atom is -0.473 e. The van der Waals surface area contributed by atoms with E-state index in [1.165, 1.54) is 4.90 Å². The number of halogens is 2. The largest absolute Gasteiger partial charge is 0.473 e. The molecule has 0 spiro atoms. The predicted molar refractivity (Wildman–Crippen MR) is 88.5 cm³/mol. The highest BCUT2D eigenvalue weighted by Crippen LogP contribution is 2.40. The Morgan fingerprint density at radius 3 is 3.00 bits per heavy atom. The van der Waals surface area contributed by atoms with Gasteiger partial charge in [0.2, 0.25) is 0 Å². The lowest BCUT2D eigenvalue weighted by Gasteiger charge is -2.44. The van der Waals surface area contributed by atoms with Crippen LogP contribution in [0.2, 0.25) is 5.02 Å². The Hall–Kier alpha value is -1.80. The molecule has 1 fully saturated rings. The zero-order chi connectivity index (χ0) is 16.1. The normalized spacial score (nSPS) is 20.0. The minimum atomic E-state index is -0.903. The Balaban J connectivity index is 1.82. The molecule has 0 saturated carbocycles. The summed E-state index contributed by atoms with van der Waals surface area (Å²) in [5, 5.41) is 19.0. The summed E-state index contributed by atoms with van der Waals surface area (Å²) >= 11 is 9.62. The maximum absolute atomic E-state index is 11.2. The van der Waals surface area contributed by atoms with Crippen molar-refractivity contribution in [2.45, 2.75) is 6.04 Å². The van der Waals surface area contributed by atoms with Gasteiger partial charge in [-0.25, -0.2) is 4.79 Å². The molecule has 1 atom stereocenters. The number of hydrogen-bond acceptors (Lipinski definition) is 5. The van der Waals surface area contributed by atoms with Crippen LogP contribution in [0.5, 0.6) is 5.88 Å². The fourth-order valence-corrected chi connectivity index (χ4v) is 3.58. The number of aromatic nitrogens is 2. The number of ether oxygens (including phenoxy) is 1. The van der Waals surface area contributed by atoms with E-state index in [1.54, 1.807) is 0 Å². The number of anilines is 1. The Morgan fingerprint density at radius 2 is 2.22 bits per heavy atom. The maximum atomic E-state index is 11.2. The van der Waals surface area contributed by atoms with Crippen LogP contribution in [0.25, 0.3) is 10.9 Å². The molecule has 9 heteroatoms. The number of hydrogen-bond donors (Lipinski definition) is 1. The van der Waals surface area contributed by atoms with E-state index < -0.39 is 6.09 Å².